The summed E-state index contributed by atoms with van der Waals surface area (Å²) in [7, 11) is 0. The molecule has 0 bridgehead atoms. The number of halogens is 1. The normalized spacial score (nSPS) is 10.0. The zero-order chi connectivity index (χ0) is 14.4. The van der Waals surface area contributed by atoms with Crippen molar-refractivity contribution in [2.45, 2.75) is 13.8 Å². The predicted molar refractivity (Wildman–Crippen MR) is 86.9 cm³/mol. The molecule has 0 atom stereocenters. The van der Waals surface area contributed by atoms with E-state index >= 15 is 0 Å². The largest absolute Gasteiger partial charge is 0.349 e. The van der Waals surface area contributed by atoms with Crippen molar-refractivity contribution in [1.82, 2.24) is 20.8 Å². The van der Waals surface area contributed by atoms with E-state index in [4.69, 9.17) is 0 Å². The lowest BCUT2D eigenvalue weighted by Crippen LogP contribution is -2.31. The first-order chi connectivity index (χ1) is 9.70. The molecule has 2 aromatic rings. The Balaban J connectivity index is 0.00000220. The van der Waals surface area contributed by atoms with Gasteiger partial charge in [0.2, 0.25) is 0 Å². The summed E-state index contributed by atoms with van der Waals surface area (Å²) in [6, 6.07) is 9.82. The number of likely N-dealkylation sites (N-methyl/N-ethyl adjacent to an activating group) is 1. The van der Waals surface area contributed by atoms with Crippen molar-refractivity contribution >= 4 is 18.3 Å². The Hall–Kier alpha value is -1.85. The minimum atomic E-state index is -0.131. The van der Waals surface area contributed by atoms with Crippen LogP contribution in [0.15, 0.2) is 30.3 Å². The molecule has 1 amide bonds. The van der Waals surface area contributed by atoms with Crippen molar-refractivity contribution in [1.29, 1.82) is 0 Å². The van der Waals surface area contributed by atoms with Crippen molar-refractivity contribution in [2.24, 2.45) is 0 Å². The molecule has 0 spiro atoms. The fourth-order valence-corrected chi connectivity index (χ4v) is 1.85. The second kappa shape index (κ2) is 8.44. The van der Waals surface area contributed by atoms with Crippen LogP contribution in [-0.4, -0.2) is 35.7 Å². The van der Waals surface area contributed by atoms with Crippen molar-refractivity contribution in [3.05, 3.63) is 41.6 Å². The van der Waals surface area contributed by atoms with Crippen LogP contribution in [0, 0.1) is 6.92 Å². The van der Waals surface area contributed by atoms with E-state index in [0.717, 1.165) is 24.3 Å². The van der Waals surface area contributed by atoms with Gasteiger partial charge in [-0.3, -0.25) is 9.89 Å². The Bertz CT molecular complexity index is 565. The molecular weight excluding hydrogens is 288 g/mol. The van der Waals surface area contributed by atoms with Gasteiger partial charge in [0.25, 0.3) is 5.91 Å². The maximum Gasteiger partial charge on any atom is 0.269 e. The minimum absolute atomic E-state index is 0. The van der Waals surface area contributed by atoms with Gasteiger partial charge in [0, 0.05) is 18.7 Å². The number of aromatic nitrogens is 2. The first-order valence-electron chi connectivity index (χ1n) is 6.82. The van der Waals surface area contributed by atoms with Gasteiger partial charge in [0.15, 0.2) is 0 Å². The van der Waals surface area contributed by atoms with Gasteiger partial charge in [-0.1, -0.05) is 36.8 Å². The highest BCUT2D eigenvalue weighted by molar-refractivity contribution is 5.93. The van der Waals surface area contributed by atoms with E-state index < -0.39 is 0 Å². The average molecular weight is 309 g/mol. The lowest BCUT2D eigenvalue weighted by molar-refractivity contribution is 0.0949. The number of H-pyrrole nitrogens is 1. The molecule has 5 nitrogen and oxygen atoms in total. The summed E-state index contributed by atoms with van der Waals surface area (Å²) < 4.78 is 0. The number of nitrogens with zero attached hydrogens (tertiary/aromatic N) is 1. The van der Waals surface area contributed by atoms with Crippen LogP contribution in [0.4, 0.5) is 0 Å². The monoisotopic (exact) mass is 308 g/mol. The quantitative estimate of drug-likeness (QED) is 0.716. The number of rotatable bonds is 6. The van der Waals surface area contributed by atoms with Gasteiger partial charge < -0.3 is 10.6 Å². The molecule has 1 aromatic carbocycles. The van der Waals surface area contributed by atoms with Crippen molar-refractivity contribution in [2.75, 3.05) is 19.6 Å². The van der Waals surface area contributed by atoms with E-state index in [9.17, 15) is 4.79 Å². The van der Waals surface area contributed by atoms with Crippen molar-refractivity contribution < 1.29 is 4.79 Å². The standard InChI is InChI=1S/C15H20N4O.ClH/c1-3-16-8-9-17-15(20)14-10-13(18-19-14)12-6-4-11(2)5-7-12;/h4-7,10,16H,3,8-9H2,1-2H3,(H,17,20)(H,18,19);1H. The van der Waals surface area contributed by atoms with Crippen LogP contribution in [0.5, 0.6) is 0 Å². The van der Waals surface area contributed by atoms with Gasteiger partial charge >= 0.3 is 0 Å². The van der Waals surface area contributed by atoms with Crippen LogP contribution in [0.2, 0.25) is 0 Å². The Morgan fingerprint density at radius 2 is 1.95 bits per heavy atom. The molecule has 0 aliphatic rings. The summed E-state index contributed by atoms with van der Waals surface area (Å²) in [6.45, 7) is 6.34. The minimum Gasteiger partial charge on any atom is -0.349 e. The highest BCUT2D eigenvalue weighted by atomic mass is 35.5. The molecule has 0 saturated heterocycles. The highest BCUT2D eigenvalue weighted by Gasteiger charge is 2.10. The number of carbonyl (C=O) groups excluding carboxylic acids is 1. The van der Waals surface area contributed by atoms with Gasteiger partial charge in [-0.05, 0) is 19.5 Å². The molecule has 114 valence electrons. The lowest BCUT2D eigenvalue weighted by Gasteiger charge is -2.03. The molecule has 21 heavy (non-hydrogen) atoms. The number of carbonyl (C=O) groups is 1. The molecule has 0 radical (unpaired) electrons. The van der Waals surface area contributed by atoms with Crippen LogP contribution in [0.25, 0.3) is 11.3 Å². The summed E-state index contributed by atoms with van der Waals surface area (Å²) in [5.74, 6) is -0.131. The molecule has 1 heterocycles. The van der Waals surface area contributed by atoms with Crippen molar-refractivity contribution in [3.8, 4) is 11.3 Å². The third kappa shape index (κ3) is 4.88. The summed E-state index contributed by atoms with van der Waals surface area (Å²) in [4.78, 5) is 11.9. The predicted octanol–water partition coefficient (Wildman–Crippen LogP) is 2.15. The summed E-state index contributed by atoms with van der Waals surface area (Å²) in [5.41, 5.74) is 3.46. The zero-order valence-electron chi connectivity index (χ0n) is 12.3. The molecule has 0 unspecified atom stereocenters. The van der Waals surface area contributed by atoms with Crippen LogP contribution >= 0.6 is 12.4 Å². The van der Waals surface area contributed by atoms with E-state index in [1.165, 1.54) is 5.56 Å². The molecule has 1 aromatic heterocycles. The van der Waals surface area contributed by atoms with Gasteiger partial charge in [-0.2, -0.15) is 5.10 Å². The van der Waals surface area contributed by atoms with E-state index in [1.54, 1.807) is 6.07 Å². The Morgan fingerprint density at radius 3 is 2.62 bits per heavy atom. The Morgan fingerprint density at radius 1 is 1.24 bits per heavy atom. The molecule has 6 heteroatoms. The van der Waals surface area contributed by atoms with Crippen LogP contribution < -0.4 is 10.6 Å². The van der Waals surface area contributed by atoms with E-state index in [1.807, 2.05) is 38.1 Å². The SMILES string of the molecule is CCNCCNC(=O)c1cc(-c2ccc(C)cc2)n[nH]1.Cl. The molecule has 3 N–H and O–H groups in total. The Labute approximate surface area is 130 Å². The van der Waals surface area contributed by atoms with Gasteiger partial charge in [0.1, 0.15) is 5.69 Å². The van der Waals surface area contributed by atoms with Gasteiger partial charge in [-0.25, -0.2) is 0 Å². The fourth-order valence-electron chi connectivity index (χ4n) is 1.85. The fraction of sp³-hybridized carbons (Fsp3) is 0.333. The van der Waals surface area contributed by atoms with E-state index in [0.29, 0.717) is 12.2 Å². The molecule has 0 saturated carbocycles. The summed E-state index contributed by atoms with van der Waals surface area (Å²) in [6.07, 6.45) is 0. The second-order valence-electron chi connectivity index (χ2n) is 4.64. The number of aryl methyl sites for hydroxylation is 1. The van der Waals surface area contributed by atoms with Gasteiger partial charge in [0.05, 0.1) is 5.69 Å². The molecule has 0 aliphatic carbocycles. The average Bonchev–Trinajstić information content (AvgIpc) is 2.94. The molecule has 2 rings (SSSR count). The number of hydrogen-bond acceptors (Lipinski definition) is 3. The lowest BCUT2D eigenvalue weighted by atomic mass is 10.1. The van der Waals surface area contributed by atoms with Crippen LogP contribution in [0.1, 0.15) is 23.0 Å². The van der Waals surface area contributed by atoms with E-state index in [-0.39, 0.29) is 18.3 Å². The number of aromatic amines is 1. The third-order valence-corrected chi connectivity index (χ3v) is 3.01. The Kier molecular flexibility index (Phi) is 6.91. The zero-order valence-corrected chi connectivity index (χ0v) is 13.1. The first kappa shape index (κ1) is 17.2. The molecule has 0 fully saturated rings. The summed E-state index contributed by atoms with van der Waals surface area (Å²) in [5, 5.41) is 12.9. The number of nitrogens with one attached hydrogen (secondary N) is 3. The second-order valence-corrected chi connectivity index (χ2v) is 4.64. The topological polar surface area (TPSA) is 69.8 Å². The summed E-state index contributed by atoms with van der Waals surface area (Å²) >= 11 is 0. The first-order valence-corrected chi connectivity index (χ1v) is 6.82. The maximum absolute atomic E-state index is 11.9. The van der Waals surface area contributed by atoms with Crippen LogP contribution in [0.3, 0.4) is 0 Å². The van der Waals surface area contributed by atoms with E-state index in [2.05, 4.69) is 20.8 Å². The smallest absolute Gasteiger partial charge is 0.269 e. The molecular formula is C15H21ClN4O. The maximum atomic E-state index is 11.9. The number of benzene rings is 1. The van der Waals surface area contributed by atoms with Crippen LogP contribution in [-0.2, 0) is 0 Å². The van der Waals surface area contributed by atoms with Gasteiger partial charge in [-0.15, -0.1) is 12.4 Å². The van der Waals surface area contributed by atoms with Crippen molar-refractivity contribution in [3.63, 3.8) is 0 Å². The number of hydrogen-bond donors (Lipinski definition) is 3. The highest BCUT2D eigenvalue weighted by Crippen LogP contribution is 2.17. The third-order valence-electron chi connectivity index (χ3n) is 3.01. The molecule has 0 aliphatic heterocycles. The number of amides is 1.